The molecule has 0 saturated carbocycles. The second-order valence-corrected chi connectivity index (χ2v) is 18.7. The lowest BCUT2D eigenvalue weighted by Crippen LogP contribution is -2.57. The van der Waals surface area contributed by atoms with Crippen LogP contribution in [0.1, 0.15) is 11.1 Å². The molecule has 13 rings (SSSR count). The minimum atomic E-state index is -0.0377. The molecule has 0 spiro atoms. The Labute approximate surface area is 373 Å². The third-order valence-corrected chi connectivity index (χ3v) is 15.0. The highest BCUT2D eigenvalue weighted by Crippen LogP contribution is 2.48. The number of ether oxygens (including phenoxy) is 2. The molecule has 0 bridgehead atoms. The number of benzene rings is 9. The van der Waals surface area contributed by atoms with E-state index in [1.807, 2.05) is 22.7 Å². The highest BCUT2D eigenvalue weighted by Gasteiger charge is 2.42. The first-order valence-electron chi connectivity index (χ1n) is 21.3. The van der Waals surface area contributed by atoms with Crippen molar-refractivity contribution < 1.29 is 9.47 Å². The third-order valence-electron chi connectivity index (χ3n) is 12.7. The predicted octanol–water partition coefficient (Wildman–Crippen LogP) is 14.7. The van der Waals surface area contributed by atoms with Gasteiger partial charge < -0.3 is 19.3 Å². The Kier molecular flexibility index (Phi) is 8.14. The largest absolute Gasteiger partial charge is 0.457 e. The van der Waals surface area contributed by atoms with Crippen molar-refractivity contribution in [3.8, 4) is 23.0 Å². The number of fused-ring (bicyclic) bond motifs is 12. The van der Waals surface area contributed by atoms with Crippen LogP contribution in [0.25, 0.3) is 40.3 Å². The van der Waals surface area contributed by atoms with Crippen molar-refractivity contribution in [3.63, 3.8) is 0 Å². The number of aryl methyl sites for hydroxylation is 2. The van der Waals surface area contributed by atoms with Gasteiger partial charge in [-0.05, 0) is 110 Å². The van der Waals surface area contributed by atoms with Crippen LogP contribution < -0.4 is 35.7 Å². The molecule has 0 amide bonds. The van der Waals surface area contributed by atoms with E-state index in [1.54, 1.807) is 0 Å². The van der Waals surface area contributed by atoms with Crippen LogP contribution in [-0.4, -0.2) is 6.71 Å². The molecule has 4 heterocycles. The van der Waals surface area contributed by atoms with E-state index in [2.05, 4.69) is 212 Å². The van der Waals surface area contributed by atoms with Crippen molar-refractivity contribution in [2.45, 2.75) is 13.8 Å². The molecule has 0 N–H and O–H groups in total. The molecule has 63 heavy (non-hydrogen) atoms. The lowest BCUT2D eigenvalue weighted by molar-refractivity contribution is 0.470. The Morgan fingerprint density at radius 1 is 0.381 bits per heavy atom. The molecule has 11 aromatic rings. The summed E-state index contributed by atoms with van der Waals surface area (Å²) < 4.78 is 18.7. The Morgan fingerprint density at radius 3 is 1.22 bits per heavy atom. The van der Waals surface area contributed by atoms with Gasteiger partial charge in [0.1, 0.15) is 23.0 Å². The zero-order valence-electron chi connectivity index (χ0n) is 34.5. The van der Waals surface area contributed by atoms with Gasteiger partial charge in [0.05, 0.1) is 9.40 Å². The summed E-state index contributed by atoms with van der Waals surface area (Å²) in [6.07, 6.45) is 0. The Hall–Kier alpha value is -7.32. The molecule has 7 heteroatoms. The molecule has 0 atom stereocenters. The zero-order chi connectivity index (χ0) is 41.8. The second-order valence-electron chi connectivity index (χ2n) is 16.6. The number of rotatable bonds is 6. The van der Waals surface area contributed by atoms with Crippen LogP contribution in [0.15, 0.2) is 188 Å². The van der Waals surface area contributed by atoms with Crippen molar-refractivity contribution in [2.24, 2.45) is 0 Å². The number of hydrogen-bond donors (Lipinski definition) is 0. The molecule has 298 valence electrons. The van der Waals surface area contributed by atoms with Crippen molar-refractivity contribution in [1.29, 1.82) is 0 Å². The average molecular weight is 845 g/mol. The summed E-state index contributed by atoms with van der Waals surface area (Å²) in [5, 5.41) is 4.88. The second kappa shape index (κ2) is 14.1. The van der Waals surface area contributed by atoms with E-state index in [-0.39, 0.29) is 6.71 Å². The number of para-hydroxylation sites is 2. The fourth-order valence-electron chi connectivity index (χ4n) is 9.70. The maximum absolute atomic E-state index is 6.98. The van der Waals surface area contributed by atoms with Gasteiger partial charge in [-0.15, -0.1) is 22.7 Å². The van der Waals surface area contributed by atoms with Gasteiger partial charge in [0.15, 0.2) is 0 Å². The van der Waals surface area contributed by atoms with E-state index < -0.39 is 0 Å². The van der Waals surface area contributed by atoms with E-state index in [9.17, 15) is 0 Å². The molecule has 2 aromatic heterocycles. The van der Waals surface area contributed by atoms with Crippen molar-refractivity contribution in [2.75, 3.05) is 9.80 Å². The van der Waals surface area contributed by atoms with Gasteiger partial charge in [0.25, 0.3) is 6.71 Å². The van der Waals surface area contributed by atoms with Crippen molar-refractivity contribution in [3.05, 3.63) is 199 Å². The summed E-state index contributed by atoms with van der Waals surface area (Å²) in [6.45, 7) is 4.23. The fraction of sp³-hybridized carbons (Fsp3) is 0.0357. The topological polar surface area (TPSA) is 24.9 Å². The molecule has 2 aliphatic rings. The summed E-state index contributed by atoms with van der Waals surface area (Å²) in [4.78, 5) is 4.68. The fourth-order valence-corrected chi connectivity index (χ4v) is 12.2. The molecule has 0 unspecified atom stereocenters. The van der Waals surface area contributed by atoms with Crippen LogP contribution in [0, 0.1) is 13.8 Å². The quantitative estimate of drug-likeness (QED) is 0.156. The Balaban J connectivity index is 0.943. The molecule has 0 radical (unpaired) electrons. The van der Waals surface area contributed by atoms with E-state index in [1.165, 1.54) is 53.0 Å². The lowest BCUT2D eigenvalue weighted by atomic mass is 9.35. The monoisotopic (exact) mass is 844 g/mol. The Bertz CT molecular complexity index is 3370. The van der Waals surface area contributed by atoms with Gasteiger partial charge in [-0.1, -0.05) is 114 Å². The van der Waals surface area contributed by atoms with Gasteiger partial charge >= 0.3 is 0 Å². The number of thiophene rings is 2. The van der Waals surface area contributed by atoms with Crippen LogP contribution >= 0.6 is 22.7 Å². The minimum absolute atomic E-state index is 0.0377. The average Bonchev–Trinajstić information content (AvgIpc) is 3.89. The highest BCUT2D eigenvalue weighted by atomic mass is 32.1. The SMILES string of the molecule is Cc1ccc(N(c2ccccc2)c2ccc3c(c2)sc2c4c(ccc23)B2c3ccc5c(sc6cc(N(c7ccccc7)c7ccc(C)cc7)ccc65)c3Oc3cccc(c32)O4)cc1. The number of anilines is 6. The van der Waals surface area contributed by atoms with E-state index in [0.717, 1.165) is 72.0 Å². The standard InChI is InChI=1S/C56H37BN2O2S2/c1-34-16-20-38(21-17-34)58(36-10-5-3-6-11-36)40-24-26-42-44-28-30-46-53(55(44)62-50(42)32-40)60-48-14-9-15-49-52(48)57(46)47-31-29-45-43-27-25-41(33-51(43)63-56(45)54(47)61-49)59(37-12-7-4-8-13-37)39-22-18-35(2)19-23-39/h3-33H,1-2H3. The summed E-state index contributed by atoms with van der Waals surface area (Å²) in [7, 11) is 0. The van der Waals surface area contributed by atoms with Gasteiger partial charge in [-0.2, -0.15) is 0 Å². The lowest BCUT2D eigenvalue weighted by Gasteiger charge is -2.33. The predicted molar refractivity (Wildman–Crippen MR) is 269 cm³/mol. The summed E-state index contributed by atoms with van der Waals surface area (Å²) in [5.74, 6) is 3.59. The highest BCUT2D eigenvalue weighted by molar-refractivity contribution is 7.27. The smallest absolute Gasteiger partial charge is 0.260 e. The summed E-state index contributed by atoms with van der Waals surface area (Å²) >= 11 is 3.63. The third kappa shape index (κ3) is 5.74. The normalized spacial score (nSPS) is 12.5. The molecule has 0 aliphatic carbocycles. The number of hydrogen-bond acceptors (Lipinski definition) is 6. The first kappa shape index (κ1) is 36.3. The van der Waals surface area contributed by atoms with Crippen molar-refractivity contribution >= 4 is 120 Å². The van der Waals surface area contributed by atoms with Gasteiger partial charge in [-0.3, -0.25) is 0 Å². The van der Waals surface area contributed by atoms with Gasteiger partial charge in [0.2, 0.25) is 0 Å². The van der Waals surface area contributed by atoms with E-state index in [0.29, 0.717) is 0 Å². The minimum Gasteiger partial charge on any atom is -0.457 e. The molecule has 0 saturated heterocycles. The first-order chi connectivity index (χ1) is 31.0. The maximum atomic E-state index is 6.98. The first-order valence-corrected chi connectivity index (χ1v) is 23.0. The molecule has 9 aromatic carbocycles. The molecule has 2 aliphatic heterocycles. The van der Waals surface area contributed by atoms with Gasteiger partial charge in [0, 0.05) is 70.5 Å². The van der Waals surface area contributed by atoms with Crippen LogP contribution in [0.5, 0.6) is 23.0 Å². The molecule has 4 nitrogen and oxygen atoms in total. The zero-order valence-corrected chi connectivity index (χ0v) is 36.1. The van der Waals surface area contributed by atoms with Crippen LogP contribution in [0.4, 0.5) is 34.1 Å². The molecular formula is C56H37BN2O2S2. The number of nitrogens with zero attached hydrogens (tertiary/aromatic N) is 2. The van der Waals surface area contributed by atoms with Crippen LogP contribution in [-0.2, 0) is 0 Å². The Morgan fingerprint density at radius 2 is 0.778 bits per heavy atom. The molecular weight excluding hydrogens is 808 g/mol. The van der Waals surface area contributed by atoms with Crippen molar-refractivity contribution in [1.82, 2.24) is 0 Å². The van der Waals surface area contributed by atoms with Crippen LogP contribution in [0.3, 0.4) is 0 Å². The van der Waals surface area contributed by atoms with Gasteiger partial charge in [-0.25, -0.2) is 0 Å². The summed E-state index contributed by atoms with van der Waals surface area (Å²) in [6, 6.07) is 68.0. The van der Waals surface area contributed by atoms with E-state index >= 15 is 0 Å². The van der Waals surface area contributed by atoms with Crippen LogP contribution in [0.2, 0.25) is 0 Å². The molecule has 0 fully saturated rings. The van der Waals surface area contributed by atoms with E-state index in [4.69, 9.17) is 9.47 Å². The summed E-state index contributed by atoms with van der Waals surface area (Å²) in [5.41, 5.74) is 12.7. The maximum Gasteiger partial charge on any atom is 0.260 e.